The maximum atomic E-state index is 12.6. The van der Waals surface area contributed by atoms with Crippen molar-refractivity contribution in [1.82, 2.24) is 4.90 Å². The number of benzene rings is 2. The van der Waals surface area contributed by atoms with E-state index >= 15 is 0 Å². The predicted octanol–water partition coefficient (Wildman–Crippen LogP) is -7.21. The molecule has 144 valence electrons. The second-order valence-electron chi connectivity index (χ2n) is 5.69. The van der Waals surface area contributed by atoms with Crippen LogP contribution in [0.1, 0.15) is 20.7 Å². The summed E-state index contributed by atoms with van der Waals surface area (Å²) in [7, 11) is -10.2. The first-order valence-corrected chi connectivity index (χ1v) is 10.1. The third-order valence-electron chi connectivity index (χ3n) is 4.07. The van der Waals surface area contributed by atoms with Gasteiger partial charge in [-0.3, -0.25) is 14.5 Å². The molecule has 0 fully saturated rings. The Kier molecular flexibility index (Phi) is 9.25. The van der Waals surface area contributed by atoms with Gasteiger partial charge >= 0.3 is 103 Å². The zero-order valence-corrected chi connectivity index (χ0v) is 23.2. The molecule has 29 heavy (non-hydrogen) atoms. The molecule has 1 aliphatic heterocycles. The van der Waals surface area contributed by atoms with E-state index in [1.807, 2.05) is 0 Å². The molecule has 0 aromatic heterocycles. The molecule has 0 aliphatic carbocycles. The molecule has 1 heterocycles. The van der Waals surface area contributed by atoms with Crippen molar-refractivity contribution < 1.29 is 138 Å². The van der Waals surface area contributed by atoms with Crippen LogP contribution in [0.3, 0.4) is 0 Å². The molecule has 1 aliphatic rings. The fraction of sp³-hybridized carbons (Fsp3) is 0.143. The monoisotopic (exact) mass is 491 g/mol. The van der Waals surface area contributed by atoms with E-state index in [9.17, 15) is 35.5 Å². The summed E-state index contributed by atoms with van der Waals surface area (Å²) in [6.07, 6.45) is 0. The fourth-order valence-electron chi connectivity index (χ4n) is 2.94. The van der Waals surface area contributed by atoms with E-state index in [0.29, 0.717) is 4.90 Å². The van der Waals surface area contributed by atoms with Crippen molar-refractivity contribution in [3.8, 4) is 0 Å². The van der Waals surface area contributed by atoms with Crippen LogP contribution in [-0.2, 0) is 20.2 Å². The minimum absolute atomic E-state index is 0. The third kappa shape index (κ3) is 5.04. The van der Waals surface area contributed by atoms with Gasteiger partial charge in [-0.05, 0) is 18.2 Å². The smallest absolute Gasteiger partial charge is 0.744 e. The van der Waals surface area contributed by atoms with Crippen molar-refractivity contribution >= 4 is 48.5 Å². The normalized spacial score (nSPS) is 13.8. The van der Waals surface area contributed by atoms with Gasteiger partial charge < -0.3 is 20.6 Å². The van der Waals surface area contributed by atoms with Crippen LogP contribution < -0.4 is 114 Å². The van der Waals surface area contributed by atoms with Crippen LogP contribution in [0.15, 0.2) is 28.0 Å². The Bertz CT molecular complexity index is 1220. The Labute approximate surface area is 250 Å². The van der Waals surface area contributed by atoms with Crippen molar-refractivity contribution in [3.05, 3.63) is 29.3 Å². The van der Waals surface area contributed by atoms with Gasteiger partial charge in [-0.15, -0.1) is 0 Å². The van der Waals surface area contributed by atoms with Crippen molar-refractivity contribution in [3.63, 3.8) is 0 Å². The van der Waals surface area contributed by atoms with E-state index < -0.39 is 47.5 Å². The van der Waals surface area contributed by atoms with Crippen LogP contribution in [0, 0.1) is 0 Å². The van der Waals surface area contributed by atoms with Crippen LogP contribution in [0.25, 0.3) is 10.8 Å². The maximum absolute atomic E-state index is 12.6. The first-order valence-electron chi connectivity index (χ1n) is 7.26. The van der Waals surface area contributed by atoms with E-state index in [-0.39, 0.29) is 138 Å². The number of anilines is 1. The Morgan fingerprint density at radius 3 is 1.86 bits per heavy atom. The molecule has 0 saturated carbocycles. The van der Waals surface area contributed by atoms with Crippen LogP contribution in [-0.4, -0.2) is 55.7 Å². The number of hydrogen-bond donors (Lipinski definition) is 2. The van der Waals surface area contributed by atoms with E-state index in [2.05, 4.69) is 0 Å². The van der Waals surface area contributed by atoms with Gasteiger partial charge in [0.2, 0.25) is 0 Å². The first kappa shape index (κ1) is 27.7. The molecule has 0 atom stereocenters. The van der Waals surface area contributed by atoms with Gasteiger partial charge in [0.1, 0.15) is 20.2 Å². The Morgan fingerprint density at radius 1 is 0.897 bits per heavy atom. The number of rotatable bonds is 4. The molecule has 4 N–H and O–H groups in total. The second-order valence-corrected chi connectivity index (χ2v) is 8.42. The van der Waals surface area contributed by atoms with Gasteiger partial charge in [0.05, 0.1) is 21.0 Å². The van der Waals surface area contributed by atoms with E-state index in [1.54, 1.807) is 0 Å². The summed E-state index contributed by atoms with van der Waals surface area (Å²) < 4.78 is 68.8. The van der Waals surface area contributed by atoms with Crippen molar-refractivity contribution in [1.29, 1.82) is 0 Å². The summed E-state index contributed by atoms with van der Waals surface area (Å²) in [6, 6.07) is 2.23. The van der Waals surface area contributed by atoms with Crippen molar-refractivity contribution in [2.24, 2.45) is 5.73 Å². The Morgan fingerprint density at radius 2 is 1.41 bits per heavy atom. The van der Waals surface area contributed by atoms with Gasteiger partial charge in [0.25, 0.3) is 11.8 Å². The molecule has 3 rings (SSSR count). The molecule has 2 aromatic carbocycles. The SMILES string of the molecule is NCCN1C(=O)c2cc(S(=O)(=O)[O-])cc3c(N)c(S(=O)(=O)[O-])cc(c23)C1=O.[K+].[K+]. The van der Waals surface area contributed by atoms with Crippen molar-refractivity contribution in [2.75, 3.05) is 18.8 Å². The molecule has 0 unspecified atom stereocenters. The number of nitrogens with zero attached hydrogens (tertiary/aromatic N) is 1. The van der Waals surface area contributed by atoms with Crippen molar-refractivity contribution in [2.45, 2.75) is 9.79 Å². The number of amides is 2. The average molecular weight is 492 g/mol. The molecule has 15 heteroatoms. The molecule has 2 amide bonds. The topological polar surface area (TPSA) is 204 Å². The molecule has 0 saturated heterocycles. The van der Waals surface area contributed by atoms with Crippen LogP contribution in [0.4, 0.5) is 5.69 Å². The second kappa shape index (κ2) is 9.67. The number of nitrogen functional groups attached to an aromatic ring is 1. The number of carbonyl (C=O) groups is 2. The summed E-state index contributed by atoms with van der Waals surface area (Å²) in [6.45, 7) is -0.381. The quantitative estimate of drug-likeness (QED) is 0.179. The summed E-state index contributed by atoms with van der Waals surface area (Å²) >= 11 is 0. The molecule has 0 bridgehead atoms. The van der Waals surface area contributed by atoms with Crippen LogP contribution >= 0.6 is 0 Å². The molecule has 2 aromatic rings. The fourth-order valence-corrected chi connectivity index (χ4v) is 4.10. The van der Waals surface area contributed by atoms with Gasteiger partial charge in [-0.2, -0.15) is 0 Å². The third-order valence-corrected chi connectivity index (χ3v) is 5.76. The Hall–Kier alpha value is 0.693. The standard InChI is InChI=1S/C14H13N3O8S2.2K/c15-1-2-17-13(18)8-4-6(26(20,21)22)3-7-11(8)9(14(17)19)5-10(12(7)16)27(23,24)25;;/h3-5H,1-2,15-16H2,(H,20,21,22)(H,23,24,25);;/q;2*+1/p-2. The summed E-state index contributed by atoms with van der Waals surface area (Å²) in [5.41, 5.74) is 9.71. The molecule has 11 nitrogen and oxygen atoms in total. The van der Waals surface area contributed by atoms with E-state index in [0.717, 1.165) is 18.2 Å². The minimum Gasteiger partial charge on any atom is -0.744 e. The average Bonchev–Trinajstić information content (AvgIpc) is 2.55. The first-order chi connectivity index (χ1) is 12.4. The van der Waals surface area contributed by atoms with Gasteiger partial charge in [-0.25, -0.2) is 16.8 Å². The largest absolute Gasteiger partial charge is 1.00 e. The molecular weight excluding hydrogens is 480 g/mol. The van der Waals surface area contributed by atoms with Crippen LogP contribution in [0.2, 0.25) is 0 Å². The Balaban J connectivity index is 0.00000210. The van der Waals surface area contributed by atoms with Crippen LogP contribution in [0.5, 0.6) is 0 Å². The predicted molar refractivity (Wildman–Crippen MR) is 88.7 cm³/mol. The minimum atomic E-state index is -5.14. The van der Waals surface area contributed by atoms with E-state index in [4.69, 9.17) is 11.5 Å². The molecular formula is C14H11K2N3O8S2. The zero-order chi connectivity index (χ0) is 20.3. The zero-order valence-electron chi connectivity index (χ0n) is 15.3. The number of hydrogen-bond acceptors (Lipinski definition) is 10. The summed E-state index contributed by atoms with van der Waals surface area (Å²) in [5, 5.41) is -0.515. The summed E-state index contributed by atoms with van der Waals surface area (Å²) in [5.74, 6) is -1.85. The van der Waals surface area contributed by atoms with E-state index in [1.165, 1.54) is 0 Å². The van der Waals surface area contributed by atoms with Gasteiger partial charge in [0.15, 0.2) is 0 Å². The maximum Gasteiger partial charge on any atom is 1.00 e. The molecule has 0 radical (unpaired) electrons. The number of imide groups is 1. The number of carbonyl (C=O) groups excluding carboxylic acids is 2. The summed E-state index contributed by atoms with van der Waals surface area (Å²) in [4.78, 5) is 24.0. The van der Waals surface area contributed by atoms with Gasteiger partial charge in [0, 0.05) is 29.4 Å². The number of nitrogens with two attached hydrogens (primary N) is 2. The molecule has 0 spiro atoms. The van der Waals surface area contributed by atoms with Gasteiger partial charge in [-0.1, -0.05) is 0 Å².